The van der Waals surface area contributed by atoms with Crippen LogP contribution < -0.4 is 10.6 Å². The molecule has 0 atom stereocenters. The van der Waals surface area contributed by atoms with Crippen molar-refractivity contribution in [2.75, 3.05) is 13.2 Å². The minimum atomic E-state index is -0.414. The molecule has 74 valence electrons. The predicted octanol–water partition coefficient (Wildman–Crippen LogP) is -0.0855. The van der Waals surface area contributed by atoms with Crippen molar-refractivity contribution in [3.05, 3.63) is 11.3 Å². The van der Waals surface area contributed by atoms with Gasteiger partial charge in [0.2, 0.25) is 0 Å². The summed E-state index contributed by atoms with van der Waals surface area (Å²) in [6.07, 6.45) is 4.97. The summed E-state index contributed by atoms with van der Waals surface area (Å²) < 4.78 is 4.78. The number of carbonyl (C=O) groups excluding carboxylic acids is 1. The Bertz CT molecular complexity index is 341. The maximum absolute atomic E-state index is 11.4. The summed E-state index contributed by atoms with van der Waals surface area (Å²) in [5, 5.41) is 6.17. The maximum atomic E-state index is 11.4. The SMILES string of the molecule is C#CCOC(=O)C1=C(C)NC(=S)NC1. The monoisotopic (exact) mass is 210 g/mol. The first-order valence-electron chi connectivity index (χ1n) is 4.00. The molecule has 0 radical (unpaired) electrons. The van der Waals surface area contributed by atoms with E-state index in [1.165, 1.54) is 0 Å². The molecule has 2 N–H and O–H groups in total. The Hall–Kier alpha value is -1.54. The van der Waals surface area contributed by atoms with Crippen LogP contribution in [0.1, 0.15) is 6.92 Å². The Kier molecular flexibility index (Phi) is 3.48. The lowest BCUT2D eigenvalue weighted by atomic mass is 10.2. The summed E-state index contributed by atoms with van der Waals surface area (Å²) >= 11 is 4.87. The number of nitrogens with one attached hydrogen (secondary N) is 2. The van der Waals surface area contributed by atoms with Crippen LogP contribution >= 0.6 is 12.2 Å². The zero-order chi connectivity index (χ0) is 10.6. The Morgan fingerprint density at radius 3 is 3.07 bits per heavy atom. The molecule has 0 saturated carbocycles. The Morgan fingerprint density at radius 2 is 2.50 bits per heavy atom. The van der Waals surface area contributed by atoms with E-state index in [1.807, 2.05) is 0 Å². The third-order valence-corrected chi connectivity index (χ3v) is 1.96. The van der Waals surface area contributed by atoms with E-state index < -0.39 is 5.97 Å². The fraction of sp³-hybridized carbons (Fsp3) is 0.333. The summed E-state index contributed by atoms with van der Waals surface area (Å²) in [6.45, 7) is 2.13. The molecule has 0 bridgehead atoms. The van der Waals surface area contributed by atoms with Crippen LogP contribution in [0, 0.1) is 12.3 Å². The van der Waals surface area contributed by atoms with Gasteiger partial charge in [0.1, 0.15) is 0 Å². The molecule has 1 aliphatic rings. The second kappa shape index (κ2) is 4.63. The van der Waals surface area contributed by atoms with Crippen molar-refractivity contribution in [2.24, 2.45) is 0 Å². The van der Waals surface area contributed by atoms with E-state index >= 15 is 0 Å². The van der Waals surface area contributed by atoms with Crippen molar-refractivity contribution < 1.29 is 9.53 Å². The first-order valence-corrected chi connectivity index (χ1v) is 4.41. The molecule has 0 spiro atoms. The van der Waals surface area contributed by atoms with Crippen LogP contribution in [0.3, 0.4) is 0 Å². The molecule has 0 saturated heterocycles. The van der Waals surface area contributed by atoms with E-state index in [2.05, 4.69) is 16.6 Å². The lowest BCUT2D eigenvalue weighted by molar-refractivity contribution is -0.137. The molecule has 0 aliphatic carbocycles. The molecule has 4 nitrogen and oxygen atoms in total. The molecular formula is C9H10N2O2S. The minimum absolute atomic E-state index is 0.0138. The van der Waals surface area contributed by atoms with Crippen molar-refractivity contribution in [1.29, 1.82) is 0 Å². The van der Waals surface area contributed by atoms with Gasteiger partial charge in [0.25, 0.3) is 0 Å². The van der Waals surface area contributed by atoms with Crippen molar-refractivity contribution in [1.82, 2.24) is 10.6 Å². The molecule has 0 aromatic carbocycles. The van der Waals surface area contributed by atoms with Gasteiger partial charge >= 0.3 is 5.97 Å². The highest BCUT2D eigenvalue weighted by molar-refractivity contribution is 7.80. The highest BCUT2D eigenvalue weighted by Gasteiger charge is 2.18. The predicted molar refractivity (Wildman–Crippen MR) is 56.2 cm³/mol. The molecule has 0 aromatic rings. The van der Waals surface area contributed by atoms with Gasteiger partial charge in [-0.05, 0) is 19.1 Å². The summed E-state index contributed by atoms with van der Waals surface area (Å²) in [4.78, 5) is 11.4. The van der Waals surface area contributed by atoms with Crippen molar-refractivity contribution in [3.63, 3.8) is 0 Å². The standard InChI is InChI=1S/C9H10N2O2S/c1-3-4-13-8(12)7-5-10-9(14)11-6(7)2/h1H,4-5H2,2H3,(H2,10,11,14). The number of allylic oxidation sites excluding steroid dienone is 1. The number of terminal acetylenes is 1. The second-order valence-electron chi connectivity index (χ2n) is 2.69. The van der Waals surface area contributed by atoms with Crippen molar-refractivity contribution in [2.45, 2.75) is 6.92 Å². The Morgan fingerprint density at radius 1 is 1.79 bits per heavy atom. The fourth-order valence-electron chi connectivity index (χ4n) is 1.01. The van der Waals surface area contributed by atoms with E-state index in [9.17, 15) is 4.79 Å². The molecule has 5 heteroatoms. The second-order valence-corrected chi connectivity index (χ2v) is 3.10. The molecule has 0 aromatic heterocycles. The van der Waals surface area contributed by atoms with Gasteiger partial charge in [-0.15, -0.1) is 6.42 Å². The smallest absolute Gasteiger partial charge is 0.338 e. The normalized spacial score (nSPS) is 15.3. The topological polar surface area (TPSA) is 50.4 Å². The van der Waals surface area contributed by atoms with Gasteiger partial charge in [0.05, 0.1) is 12.1 Å². The summed E-state index contributed by atoms with van der Waals surface area (Å²) in [7, 11) is 0. The van der Waals surface area contributed by atoms with Crippen molar-refractivity contribution >= 4 is 23.3 Å². The average molecular weight is 210 g/mol. The third kappa shape index (κ3) is 2.47. The first-order chi connectivity index (χ1) is 6.65. The highest BCUT2D eigenvalue weighted by atomic mass is 32.1. The number of carbonyl (C=O) groups is 1. The van der Waals surface area contributed by atoms with Crippen LogP contribution in [0.5, 0.6) is 0 Å². The van der Waals surface area contributed by atoms with Crippen molar-refractivity contribution in [3.8, 4) is 12.3 Å². The van der Waals surface area contributed by atoms with E-state index in [0.717, 1.165) is 0 Å². The molecule has 1 heterocycles. The lowest BCUT2D eigenvalue weighted by Gasteiger charge is -2.20. The number of rotatable bonds is 2. The van der Waals surface area contributed by atoms with E-state index in [-0.39, 0.29) is 6.61 Å². The van der Waals surface area contributed by atoms with Gasteiger partial charge in [0, 0.05) is 5.70 Å². The molecule has 1 rings (SSSR count). The van der Waals surface area contributed by atoms with Crippen LogP contribution in [0.2, 0.25) is 0 Å². The number of esters is 1. The molecule has 1 aliphatic heterocycles. The summed E-state index contributed by atoms with van der Waals surface area (Å²) in [5.41, 5.74) is 1.23. The number of thiocarbonyl (C=S) groups is 1. The zero-order valence-corrected chi connectivity index (χ0v) is 8.53. The van der Waals surface area contributed by atoms with Gasteiger partial charge < -0.3 is 15.4 Å². The van der Waals surface area contributed by atoms with Crippen LogP contribution in [-0.2, 0) is 9.53 Å². The van der Waals surface area contributed by atoms with Crippen LogP contribution in [-0.4, -0.2) is 24.2 Å². The first kappa shape index (κ1) is 10.5. The molecule has 0 amide bonds. The molecule has 14 heavy (non-hydrogen) atoms. The number of hydrogen-bond donors (Lipinski definition) is 2. The van der Waals surface area contributed by atoms with E-state index in [4.69, 9.17) is 23.4 Å². The molecule has 0 unspecified atom stereocenters. The third-order valence-electron chi connectivity index (χ3n) is 1.71. The lowest BCUT2D eigenvalue weighted by Crippen LogP contribution is -2.42. The van der Waals surface area contributed by atoms with Gasteiger partial charge in [-0.3, -0.25) is 0 Å². The van der Waals surface area contributed by atoms with Crippen LogP contribution in [0.15, 0.2) is 11.3 Å². The number of ether oxygens (including phenoxy) is 1. The number of hydrogen-bond acceptors (Lipinski definition) is 3. The molecule has 0 fully saturated rings. The maximum Gasteiger partial charge on any atom is 0.338 e. The zero-order valence-electron chi connectivity index (χ0n) is 7.72. The highest BCUT2D eigenvalue weighted by Crippen LogP contribution is 2.06. The minimum Gasteiger partial charge on any atom is -0.449 e. The van der Waals surface area contributed by atoms with Gasteiger partial charge in [-0.2, -0.15) is 0 Å². The van der Waals surface area contributed by atoms with E-state index in [0.29, 0.717) is 22.9 Å². The Balaban J connectivity index is 2.68. The molecular weight excluding hydrogens is 200 g/mol. The van der Waals surface area contributed by atoms with Crippen LogP contribution in [0.25, 0.3) is 0 Å². The van der Waals surface area contributed by atoms with Gasteiger partial charge in [-0.1, -0.05) is 5.92 Å². The van der Waals surface area contributed by atoms with Gasteiger partial charge in [-0.25, -0.2) is 4.79 Å². The van der Waals surface area contributed by atoms with E-state index in [1.54, 1.807) is 6.92 Å². The summed E-state index contributed by atoms with van der Waals surface area (Å²) in [6, 6.07) is 0. The van der Waals surface area contributed by atoms with Crippen LogP contribution in [0.4, 0.5) is 0 Å². The summed E-state index contributed by atoms with van der Waals surface area (Å²) in [5.74, 6) is 1.82. The largest absolute Gasteiger partial charge is 0.449 e. The quantitative estimate of drug-likeness (QED) is 0.379. The van der Waals surface area contributed by atoms with Gasteiger partial charge in [0.15, 0.2) is 11.7 Å². The fourth-order valence-corrected chi connectivity index (χ4v) is 1.24. The Labute approximate surface area is 87.7 Å². The average Bonchev–Trinajstić information content (AvgIpc) is 2.14.